The predicted molar refractivity (Wildman–Crippen MR) is 72.3 cm³/mol. The molecule has 0 saturated heterocycles. The van der Waals surface area contributed by atoms with Crippen molar-refractivity contribution in [1.82, 2.24) is 4.90 Å². The van der Waals surface area contributed by atoms with Crippen molar-refractivity contribution in [3.8, 4) is 0 Å². The van der Waals surface area contributed by atoms with E-state index in [0.29, 0.717) is 11.5 Å². The lowest BCUT2D eigenvalue weighted by atomic mass is 9.54. The van der Waals surface area contributed by atoms with Crippen LogP contribution in [-0.4, -0.2) is 37.2 Å². The zero-order valence-corrected chi connectivity index (χ0v) is 11.9. The fourth-order valence-corrected chi connectivity index (χ4v) is 4.15. The second-order valence-corrected chi connectivity index (χ2v) is 5.97. The molecule has 0 aromatic carbocycles. The van der Waals surface area contributed by atoms with Gasteiger partial charge in [0.15, 0.2) is 0 Å². The van der Waals surface area contributed by atoms with Gasteiger partial charge in [-0.2, -0.15) is 0 Å². The summed E-state index contributed by atoms with van der Waals surface area (Å²) in [4.78, 5) is 2.60. The van der Waals surface area contributed by atoms with Gasteiger partial charge in [-0.15, -0.1) is 0 Å². The molecule has 2 saturated carbocycles. The van der Waals surface area contributed by atoms with Crippen LogP contribution in [-0.2, 0) is 4.74 Å². The number of hydrogen-bond donors (Lipinski definition) is 0. The monoisotopic (exact) mass is 239 g/mol. The van der Waals surface area contributed by atoms with Crippen LogP contribution >= 0.6 is 0 Å². The van der Waals surface area contributed by atoms with Gasteiger partial charge in [-0.1, -0.05) is 26.2 Å². The minimum Gasteiger partial charge on any atom is -0.378 e. The van der Waals surface area contributed by atoms with Gasteiger partial charge in [0, 0.05) is 18.1 Å². The van der Waals surface area contributed by atoms with Gasteiger partial charge in [-0.25, -0.2) is 0 Å². The van der Waals surface area contributed by atoms with Crippen LogP contribution in [0.25, 0.3) is 0 Å². The minimum atomic E-state index is 0.512. The van der Waals surface area contributed by atoms with E-state index in [0.717, 1.165) is 12.6 Å². The summed E-state index contributed by atoms with van der Waals surface area (Å²) in [5.41, 5.74) is 0.512. The van der Waals surface area contributed by atoms with E-state index in [1.807, 2.05) is 0 Å². The first-order valence-electron chi connectivity index (χ1n) is 7.56. The zero-order valence-electron chi connectivity index (χ0n) is 11.9. The lowest BCUT2D eigenvalue weighted by Gasteiger charge is -2.60. The predicted octanol–water partition coefficient (Wildman–Crippen LogP) is 3.46. The van der Waals surface area contributed by atoms with Crippen LogP contribution in [0.3, 0.4) is 0 Å². The highest BCUT2D eigenvalue weighted by molar-refractivity contribution is 5.09. The molecule has 0 aromatic rings. The Bertz CT molecular complexity index is 235. The van der Waals surface area contributed by atoms with Gasteiger partial charge in [0.25, 0.3) is 0 Å². The molecular formula is C15H29NO. The first-order chi connectivity index (χ1) is 8.24. The standard InChI is InChI=1S/C15H29NO/c1-4-11-16(3)13-12-14(17-5-2)15(13)9-7-6-8-10-15/h13-14H,4-12H2,1-3H3. The second-order valence-electron chi connectivity index (χ2n) is 5.97. The minimum absolute atomic E-state index is 0.512. The number of rotatable bonds is 5. The molecule has 100 valence electrons. The fraction of sp³-hybridized carbons (Fsp3) is 1.00. The zero-order chi connectivity index (χ0) is 12.3. The summed E-state index contributed by atoms with van der Waals surface area (Å²) >= 11 is 0. The Labute approximate surface area is 107 Å². The van der Waals surface area contributed by atoms with Gasteiger partial charge in [-0.05, 0) is 46.2 Å². The summed E-state index contributed by atoms with van der Waals surface area (Å²) in [5, 5.41) is 0. The van der Waals surface area contributed by atoms with Crippen LogP contribution < -0.4 is 0 Å². The Kier molecular flexibility index (Phi) is 4.48. The summed E-state index contributed by atoms with van der Waals surface area (Å²) < 4.78 is 6.00. The van der Waals surface area contributed by atoms with E-state index in [1.165, 1.54) is 51.5 Å². The van der Waals surface area contributed by atoms with Crippen molar-refractivity contribution in [1.29, 1.82) is 0 Å². The van der Waals surface area contributed by atoms with E-state index in [9.17, 15) is 0 Å². The van der Waals surface area contributed by atoms with E-state index in [-0.39, 0.29) is 0 Å². The average Bonchev–Trinajstić information content (AvgIpc) is 2.35. The molecule has 2 fully saturated rings. The summed E-state index contributed by atoms with van der Waals surface area (Å²) in [6, 6.07) is 0.791. The van der Waals surface area contributed by atoms with Crippen molar-refractivity contribution in [2.75, 3.05) is 20.2 Å². The van der Waals surface area contributed by atoms with Crippen molar-refractivity contribution in [3.63, 3.8) is 0 Å². The quantitative estimate of drug-likeness (QED) is 0.728. The smallest absolute Gasteiger partial charge is 0.0661 e. The van der Waals surface area contributed by atoms with E-state index in [4.69, 9.17) is 4.74 Å². The van der Waals surface area contributed by atoms with Crippen LogP contribution in [0.1, 0.15) is 58.8 Å². The number of nitrogens with zero attached hydrogens (tertiary/aromatic N) is 1. The maximum atomic E-state index is 6.00. The summed E-state index contributed by atoms with van der Waals surface area (Å²) in [5.74, 6) is 0. The Hall–Kier alpha value is -0.0800. The Morgan fingerprint density at radius 2 is 1.88 bits per heavy atom. The molecule has 2 atom stereocenters. The molecule has 0 bridgehead atoms. The van der Waals surface area contributed by atoms with Gasteiger partial charge in [0.05, 0.1) is 6.10 Å². The van der Waals surface area contributed by atoms with Crippen LogP contribution in [0.4, 0.5) is 0 Å². The first kappa shape index (κ1) is 13.4. The molecule has 0 N–H and O–H groups in total. The van der Waals surface area contributed by atoms with Crippen molar-refractivity contribution in [2.24, 2.45) is 5.41 Å². The fourth-order valence-electron chi connectivity index (χ4n) is 4.15. The maximum absolute atomic E-state index is 6.00. The van der Waals surface area contributed by atoms with Crippen LogP contribution in [0.15, 0.2) is 0 Å². The van der Waals surface area contributed by atoms with Crippen molar-refractivity contribution in [3.05, 3.63) is 0 Å². The van der Waals surface area contributed by atoms with Gasteiger partial charge >= 0.3 is 0 Å². The molecule has 0 heterocycles. The third-order valence-electron chi connectivity index (χ3n) is 5.00. The van der Waals surface area contributed by atoms with Crippen molar-refractivity contribution < 1.29 is 4.74 Å². The number of hydrogen-bond acceptors (Lipinski definition) is 2. The molecule has 2 aliphatic carbocycles. The Morgan fingerprint density at radius 3 is 2.47 bits per heavy atom. The molecule has 0 aliphatic heterocycles. The molecule has 2 unspecified atom stereocenters. The molecule has 2 aliphatic rings. The van der Waals surface area contributed by atoms with Crippen LogP contribution in [0.2, 0.25) is 0 Å². The van der Waals surface area contributed by atoms with Crippen molar-refractivity contribution >= 4 is 0 Å². The third-order valence-corrected chi connectivity index (χ3v) is 5.00. The number of ether oxygens (including phenoxy) is 1. The molecular weight excluding hydrogens is 210 g/mol. The highest BCUT2D eigenvalue weighted by Gasteiger charge is 2.56. The molecule has 0 radical (unpaired) electrons. The van der Waals surface area contributed by atoms with Crippen LogP contribution in [0.5, 0.6) is 0 Å². The van der Waals surface area contributed by atoms with E-state index in [2.05, 4.69) is 25.8 Å². The topological polar surface area (TPSA) is 12.5 Å². The summed E-state index contributed by atoms with van der Waals surface area (Å²) in [7, 11) is 2.31. The molecule has 17 heavy (non-hydrogen) atoms. The SMILES string of the molecule is CCCN(C)C1CC(OCC)C12CCCCC2. The molecule has 0 aromatic heterocycles. The Balaban J connectivity index is 2.02. The van der Waals surface area contributed by atoms with Crippen molar-refractivity contribution in [2.45, 2.75) is 70.9 Å². The molecule has 2 heteroatoms. The largest absolute Gasteiger partial charge is 0.378 e. The second kappa shape index (κ2) is 5.71. The first-order valence-corrected chi connectivity index (χ1v) is 7.56. The Morgan fingerprint density at radius 1 is 1.18 bits per heavy atom. The van der Waals surface area contributed by atoms with Crippen LogP contribution in [0, 0.1) is 5.41 Å². The average molecular weight is 239 g/mol. The van der Waals surface area contributed by atoms with E-state index in [1.54, 1.807) is 0 Å². The molecule has 0 amide bonds. The molecule has 1 spiro atoms. The highest BCUT2D eigenvalue weighted by Crippen LogP contribution is 2.55. The summed E-state index contributed by atoms with van der Waals surface area (Å²) in [6.45, 7) is 6.55. The molecule has 2 nitrogen and oxygen atoms in total. The van der Waals surface area contributed by atoms with Gasteiger partial charge in [0.2, 0.25) is 0 Å². The van der Waals surface area contributed by atoms with Gasteiger partial charge in [0.1, 0.15) is 0 Å². The normalized spacial score (nSPS) is 31.8. The third kappa shape index (κ3) is 2.39. The lowest BCUT2D eigenvalue weighted by Crippen LogP contribution is -2.64. The maximum Gasteiger partial charge on any atom is 0.0661 e. The lowest BCUT2D eigenvalue weighted by molar-refractivity contribution is -0.178. The van der Waals surface area contributed by atoms with Gasteiger partial charge < -0.3 is 9.64 Å². The highest BCUT2D eigenvalue weighted by atomic mass is 16.5. The van der Waals surface area contributed by atoms with E-state index < -0.39 is 0 Å². The van der Waals surface area contributed by atoms with E-state index >= 15 is 0 Å². The molecule has 2 rings (SSSR count). The van der Waals surface area contributed by atoms with Gasteiger partial charge in [-0.3, -0.25) is 0 Å². The summed E-state index contributed by atoms with van der Waals surface area (Å²) in [6.07, 6.45) is 10.2.